The van der Waals surface area contributed by atoms with Crippen molar-refractivity contribution in [3.8, 4) is 0 Å². The summed E-state index contributed by atoms with van der Waals surface area (Å²) in [6.45, 7) is 4.27. The summed E-state index contributed by atoms with van der Waals surface area (Å²) in [4.78, 5) is 0. The molecule has 1 aromatic heterocycles. The molecule has 0 aliphatic rings. The zero-order chi connectivity index (χ0) is 14.1. The van der Waals surface area contributed by atoms with Gasteiger partial charge in [0.25, 0.3) is 0 Å². The average Bonchev–Trinajstić information content (AvgIpc) is 2.90. The number of hydrogen-bond acceptors (Lipinski definition) is 3. The van der Waals surface area contributed by atoms with Crippen LogP contribution in [0.2, 0.25) is 6.04 Å². The Hall–Kier alpha value is -0.403. The first-order valence-electron chi connectivity index (χ1n) is 6.90. The smallest absolute Gasteiger partial charge is 0.500 e. The molecule has 0 aliphatic carbocycles. The molecule has 0 N–H and O–H groups in total. The largest absolute Gasteiger partial charge is 1.00 e. The molecule has 0 unspecified atom stereocenters. The van der Waals surface area contributed by atoms with Gasteiger partial charge < -0.3 is 25.7 Å². The van der Waals surface area contributed by atoms with Gasteiger partial charge in [-0.2, -0.15) is 0 Å². The van der Waals surface area contributed by atoms with Gasteiger partial charge in [0.2, 0.25) is 6.33 Å². The lowest BCUT2D eigenvalue weighted by atomic mass is 10.3. The van der Waals surface area contributed by atoms with Crippen LogP contribution in [-0.4, -0.2) is 34.7 Å². The number of hydrogen-bond donors (Lipinski definition) is 0. The second kappa shape index (κ2) is 10.3. The average molecular weight is 323 g/mol. The fraction of sp³-hybridized carbons (Fsp3) is 0.769. The summed E-state index contributed by atoms with van der Waals surface area (Å²) in [6.07, 6.45) is 9.84. The second-order valence-electron chi connectivity index (χ2n) is 4.64. The van der Waals surface area contributed by atoms with Crippen LogP contribution in [0.25, 0.3) is 0 Å². The van der Waals surface area contributed by atoms with Gasteiger partial charge in [0.05, 0.1) is 13.1 Å². The lowest BCUT2D eigenvalue weighted by molar-refractivity contribution is -0.696. The highest BCUT2D eigenvalue weighted by Crippen LogP contribution is 2.14. The summed E-state index contributed by atoms with van der Waals surface area (Å²) in [5.41, 5.74) is 0. The van der Waals surface area contributed by atoms with E-state index in [2.05, 4.69) is 34.8 Å². The van der Waals surface area contributed by atoms with Gasteiger partial charge in [0.15, 0.2) is 0 Å². The Kier molecular flexibility index (Phi) is 10.1. The van der Waals surface area contributed by atoms with Crippen molar-refractivity contribution in [3.63, 3.8) is 0 Å². The van der Waals surface area contributed by atoms with Crippen molar-refractivity contribution < 1.29 is 30.3 Å². The normalized spacial score (nSPS) is 11.4. The molecular formula is C13H27ClN2O3Si. The molecule has 0 spiro atoms. The molecule has 0 amide bonds. The molecule has 20 heavy (non-hydrogen) atoms. The molecule has 118 valence electrons. The van der Waals surface area contributed by atoms with E-state index in [1.54, 1.807) is 21.3 Å². The molecule has 0 aromatic carbocycles. The van der Waals surface area contributed by atoms with Gasteiger partial charge in [-0.15, -0.1) is 0 Å². The fourth-order valence-electron chi connectivity index (χ4n) is 2.08. The monoisotopic (exact) mass is 322 g/mol. The Morgan fingerprint density at radius 2 is 1.75 bits per heavy atom. The molecule has 0 fully saturated rings. The summed E-state index contributed by atoms with van der Waals surface area (Å²) in [6, 6.07) is 0.837. The maximum absolute atomic E-state index is 5.41. The number of rotatable bonds is 10. The van der Waals surface area contributed by atoms with Crippen LogP contribution < -0.4 is 17.0 Å². The molecule has 1 aromatic rings. The first-order chi connectivity index (χ1) is 9.19. The van der Waals surface area contributed by atoms with Crippen molar-refractivity contribution in [3.05, 3.63) is 18.7 Å². The zero-order valence-corrected chi connectivity index (χ0v) is 14.7. The van der Waals surface area contributed by atoms with Gasteiger partial charge in [-0.3, -0.25) is 0 Å². The molecule has 0 radical (unpaired) electrons. The highest BCUT2D eigenvalue weighted by Gasteiger charge is 2.37. The SMILES string of the molecule is CCCCn1cc[n+](CCC[Si](OC)(OC)OC)c1.[Cl-]. The minimum Gasteiger partial charge on any atom is -1.00 e. The number of halogens is 1. The number of aryl methyl sites for hydroxylation is 2. The minimum absolute atomic E-state index is 0. The Morgan fingerprint density at radius 1 is 1.10 bits per heavy atom. The highest BCUT2D eigenvalue weighted by atomic mass is 35.5. The van der Waals surface area contributed by atoms with Crippen LogP contribution in [0.5, 0.6) is 0 Å². The first kappa shape index (κ1) is 19.6. The van der Waals surface area contributed by atoms with Crippen LogP contribution in [0.15, 0.2) is 18.7 Å². The van der Waals surface area contributed by atoms with Gasteiger partial charge in [-0.25, -0.2) is 9.13 Å². The summed E-state index contributed by atoms with van der Waals surface area (Å²) in [5, 5.41) is 0. The van der Waals surface area contributed by atoms with E-state index >= 15 is 0 Å². The number of unbranched alkanes of at least 4 members (excludes halogenated alkanes) is 1. The van der Waals surface area contributed by atoms with Crippen LogP contribution >= 0.6 is 0 Å². The summed E-state index contributed by atoms with van der Waals surface area (Å²) < 4.78 is 20.7. The van der Waals surface area contributed by atoms with Gasteiger partial charge in [-0.1, -0.05) is 13.3 Å². The highest BCUT2D eigenvalue weighted by molar-refractivity contribution is 6.60. The fourth-order valence-corrected chi connectivity index (χ4v) is 3.78. The predicted molar refractivity (Wildman–Crippen MR) is 75.7 cm³/mol. The lowest BCUT2D eigenvalue weighted by Crippen LogP contribution is -3.00. The number of imidazole rings is 1. The maximum Gasteiger partial charge on any atom is 0.500 e. The van der Waals surface area contributed by atoms with Crippen LogP contribution in [0.1, 0.15) is 26.2 Å². The molecule has 1 heterocycles. The molecule has 1 rings (SSSR count). The van der Waals surface area contributed by atoms with E-state index in [1.807, 2.05) is 0 Å². The molecule has 0 atom stereocenters. The number of nitrogens with zero attached hydrogens (tertiary/aromatic N) is 2. The van der Waals surface area contributed by atoms with Crippen LogP contribution in [0.3, 0.4) is 0 Å². The van der Waals surface area contributed by atoms with Gasteiger partial charge in [0.1, 0.15) is 12.4 Å². The Balaban J connectivity index is 0.00000361. The van der Waals surface area contributed by atoms with E-state index in [1.165, 1.54) is 12.8 Å². The Labute approximate surface area is 129 Å². The predicted octanol–water partition coefficient (Wildman–Crippen LogP) is -1.15. The van der Waals surface area contributed by atoms with Crippen molar-refractivity contribution in [2.75, 3.05) is 21.3 Å². The van der Waals surface area contributed by atoms with Crippen molar-refractivity contribution in [1.82, 2.24) is 4.57 Å². The third-order valence-electron chi connectivity index (χ3n) is 3.35. The van der Waals surface area contributed by atoms with Crippen molar-refractivity contribution in [1.29, 1.82) is 0 Å². The molecule has 0 bridgehead atoms. The molecule has 5 nitrogen and oxygen atoms in total. The Bertz CT molecular complexity index is 351. The van der Waals surface area contributed by atoms with E-state index in [9.17, 15) is 0 Å². The maximum atomic E-state index is 5.41. The molecule has 7 heteroatoms. The van der Waals surface area contributed by atoms with E-state index in [0.717, 1.165) is 25.6 Å². The molecular weight excluding hydrogens is 296 g/mol. The van der Waals surface area contributed by atoms with Crippen LogP contribution in [0.4, 0.5) is 0 Å². The minimum atomic E-state index is -2.41. The molecule has 0 saturated heterocycles. The van der Waals surface area contributed by atoms with Crippen LogP contribution in [0, 0.1) is 0 Å². The van der Waals surface area contributed by atoms with E-state index < -0.39 is 8.80 Å². The summed E-state index contributed by atoms with van der Waals surface area (Å²) in [7, 11) is 2.58. The van der Waals surface area contributed by atoms with Crippen molar-refractivity contribution in [2.24, 2.45) is 0 Å². The standard InChI is InChI=1S/C13H27N2O3Si.ClH/c1-5-6-8-14-10-11-15(13-14)9-7-12-19(16-2,17-3)18-4;/h10-11,13H,5-9,12H2,1-4H3;1H/q+1;/p-1. The quantitative estimate of drug-likeness (QED) is 0.403. The second-order valence-corrected chi connectivity index (χ2v) is 7.73. The summed E-state index contributed by atoms with van der Waals surface area (Å²) in [5.74, 6) is 0. The molecule has 0 saturated carbocycles. The third kappa shape index (κ3) is 5.93. The topological polar surface area (TPSA) is 36.5 Å². The summed E-state index contributed by atoms with van der Waals surface area (Å²) >= 11 is 0. The van der Waals surface area contributed by atoms with Gasteiger partial charge >= 0.3 is 8.80 Å². The lowest BCUT2D eigenvalue weighted by Gasteiger charge is -2.23. The van der Waals surface area contributed by atoms with Gasteiger partial charge in [-0.05, 0) is 12.8 Å². The van der Waals surface area contributed by atoms with Gasteiger partial charge in [0, 0.05) is 27.4 Å². The van der Waals surface area contributed by atoms with Crippen molar-refractivity contribution >= 4 is 8.80 Å². The first-order valence-corrected chi connectivity index (χ1v) is 8.83. The van der Waals surface area contributed by atoms with E-state index in [4.69, 9.17) is 13.3 Å². The Morgan fingerprint density at radius 3 is 2.30 bits per heavy atom. The third-order valence-corrected chi connectivity index (χ3v) is 6.18. The van der Waals surface area contributed by atoms with E-state index in [-0.39, 0.29) is 12.4 Å². The van der Waals surface area contributed by atoms with Crippen LogP contribution in [-0.2, 0) is 26.4 Å². The molecule has 0 aliphatic heterocycles. The van der Waals surface area contributed by atoms with E-state index in [0.29, 0.717) is 0 Å². The zero-order valence-electron chi connectivity index (χ0n) is 13.0. The van der Waals surface area contributed by atoms with Crippen molar-refractivity contribution in [2.45, 2.75) is 45.3 Å². The number of aromatic nitrogens is 2.